The monoisotopic (exact) mass is 506 g/mol. The third-order valence-corrected chi connectivity index (χ3v) is 7.64. The predicted molar refractivity (Wildman–Crippen MR) is 140 cm³/mol. The maximum absolute atomic E-state index is 13.9. The van der Waals surface area contributed by atoms with E-state index in [2.05, 4.69) is 4.98 Å². The summed E-state index contributed by atoms with van der Waals surface area (Å²) >= 11 is 0. The number of hydrogen-bond acceptors (Lipinski definition) is 6. The summed E-state index contributed by atoms with van der Waals surface area (Å²) in [7, 11) is 0. The van der Waals surface area contributed by atoms with Crippen LogP contribution in [0.5, 0.6) is 11.5 Å². The van der Waals surface area contributed by atoms with Crippen LogP contribution in [-0.4, -0.2) is 86.8 Å². The molecule has 3 N–H and O–H groups in total. The van der Waals surface area contributed by atoms with Gasteiger partial charge in [0.05, 0.1) is 13.2 Å². The van der Waals surface area contributed by atoms with Crippen molar-refractivity contribution in [1.82, 2.24) is 19.7 Å². The first-order valence-corrected chi connectivity index (χ1v) is 12.9. The van der Waals surface area contributed by atoms with Crippen molar-refractivity contribution in [3.8, 4) is 11.5 Å². The Bertz CT molecular complexity index is 1340. The summed E-state index contributed by atoms with van der Waals surface area (Å²) in [6, 6.07) is 11.8. The molecule has 2 aliphatic rings. The van der Waals surface area contributed by atoms with Crippen molar-refractivity contribution in [2.45, 2.75) is 38.8 Å². The van der Waals surface area contributed by atoms with E-state index in [4.69, 9.17) is 4.74 Å². The number of carbonyl (C=O) groups excluding carboxylic acids is 2. The first-order valence-electron chi connectivity index (χ1n) is 12.9. The van der Waals surface area contributed by atoms with E-state index in [0.717, 1.165) is 33.5 Å². The second-order valence-electron chi connectivity index (χ2n) is 9.87. The summed E-state index contributed by atoms with van der Waals surface area (Å²) in [5.41, 5.74) is 2.35. The number of phenols is 1. The Hall–Kier alpha value is -3.56. The summed E-state index contributed by atoms with van der Waals surface area (Å²) < 4.78 is 5.74. The number of nitrogens with zero attached hydrogens (tertiary/aromatic N) is 3. The number of aromatic nitrogens is 1. The van der Waals surface area contributed by atoms with Gasteiger partial charge in [0, 0.05) is 42.7 Å². The molecule has 2 atom stereocenters. The van der Waals surface area contributed by atoms with E-state index in [1.54, 1.807) is 23.1 Å². The number of aliphatic hydroxyl groups is 1. The van der Waals surface area contributed by atoms with Crippen molar-refractivity contribution >= 4 is 22.8 Å². The molecule has 0 saturated carbocycles. The molecule has 3 amide bonds. The number of hydrogen-bond donors (Lipinski definition) is 3. The fraction of sp³-hybridized carbons (Fsp3) is 0.429. The van der Waals surface area contributed by atoms with Crippen LogP contribution in [0.15, 0.2) is 42.5 Å². The number of aromatic hydroxyl groups is 1. The first-order chi connectivity index (χ1) is 17.8. The topological polar surface area (TPSA) is 109 Å². The zero-order valence-corrected chi connectivity index (χ0v) is 21.5. The largest absolute Gasteiger partial charge is 0.508 e. The third kappa shape index (κ3) is 4.12. The van der Waals surface area contributed by atoms with Crippen molar-refractivity contribution in [3.05, 3.63) is 59.3 Å². The van der Waals surface area contributed by atoms with Gasteiger partial charge in [0.15, 0.2) is 0 Å². The van der Waals surface area contributed by atoms with Crippen molar-refractivity contribution in [3.63, 3.8) is 0 Å². The molecule has 5 rings (SSSR count). The average Bonchev–Trinajstić information content (AvgIpc) is 3.32. The number of fused-ring (bicyclic) bond motifs is 4. The zero-order valence-electron chi connectivity index (χ0n) is 21.5. The number of ether oxygens (including phenoxy) is 1. The maximum atomic E-state index is 13.9. The summed E-state index contributed by atoms with van der Waals surface area (Å²) in [5, 5.41) is 20.6. The number of aliphatic hydroxyl groups excluding tert-OH is 1. The van der Waals surface area contributed by atoms with Gasteiger partial charge in [-0.1, -0.05) is 19.1 Å². The molecule has 0 radical (unpaired) electrons. The standard InChI is InChI=1S/C28H34N4O5/c1-4-30(13-14-33)11-12-31-26(35)28(3)17-22-21-16-20(37-5-2)9-10-23(21)29-24(22)25(32(28)27(31)36)18-7-6-8-19(34)15-18/h6-10,15-16,25,29,33-34H,4-5,11-14,17H2,1-3H3. The van der Waals surface area contributed by atoms with Crippen LogP contribution in [0.1, 0.15) is 43.6 Å². The molecule has 0 aliphatic carbocycles. The molecule has 2 unspecified atom stereocenters. The number of urea groups is 1. The minimum atomic E-state index is -1.09. The van der Waals surface area contributed by atoms with E-state index in [1.807, 2.05) is 49.9 Å². The summed E-state index contributed by atoms with van der Waals surface area (Å²) in [6.45, 7) is 8.25. The second-order valence-corrected chi connectivity index (χ2v) is 9.87. The lowest BCUT2D eigenvalue weighted by molar-refractivity contribution is -0.133. The number of amides is 3. The molecule has 9 heteroatoms. The normalized spacial score (nSPS) is 21.2. The molecular formula is C28H34N4O5. The zero-order chi connectivity index (χ0) is 26.3. The molecule has 0 bridgehead atoms. The smallest absolute Gasteiger partial charge is 0.328 e. The number of likely N-dealkylation sites (N-methyl/N-ethyl adjacent to an activating group) is 1. The summed E-state index contributed by atoms with van der Waals surface area (Å²) in [5.74, 6) is 0.611. The van der Waals surface area contributed by atoms with E-state index < -0.39 is 11.6 Å². The molecule has 2 aromatic carbocycles. The van der Waals surface area contributed by atoms with E-state index in [1.165, 1.54) is 4.90 Å². The summed E-state index contributed by atoms with van der Waals surface area (Å²) in [6.07, 6.45) is 0.364. The van der Waals surface area contributed by atoms with Gasteiger partial charge in [-0.05, 0) is 61.9 Å². The number of rotatable bonds is 9. The molecular weight excluding hydrogens is 472 g/mol. The molecule has 9 nitrogen and oxygen atoms in total. The van der Waals surface area contributed by atoms with Gasteiger partial charge in [0.2, 0.25) is 0 Å². The fourth-order valence-electron chi connectivity index (χ4n) is 5.80. The van der Waals surface area contributed by atoms with Crippen molar-refractivity contribution < 1.29 is 24.5 Å². The third-order valence-electron chi connectivity index (χ3n) is 7.64. The molecule has 0 spiro atoms. The van der Waals surface area contributed by atoms with Crippen LogP contribution in [0.2, 0.25) is 0 Å². The molecule has 2 aliphatic heterocycles. The fourth-order valence-corrected chi connectivity index (χ4v) is 5.80. The SMILES string of the molecule is CCOc1ccc2[nH]c3c(c2c1)CC1(C)C(=O)N(CCN(CC)CCO)C(=O)N1C3c1cccc(O)c1. The quantitative estimate of drug-likeness (QED) is 0.385. The highest BCUT2D eigenvalue weighted by Crippen LogP contribution is 2.49. The van der Waals surface area contributed by atoms with Gasteiger partial charge in [-0.15, -0.1) is 0 Å². The van der Waals surface area contributed by atoms with Crippen molar-refractivity contribution in [2.75, 3.05) is 39.4 Å². The highest BCUT2D eigenvalue weighted by Gasteiger charge is 2.60. The van der Waals surface area contributed by atoms with E-state index in [-0.39, 0.29) is 30.8 Å². The molecule has 37 heavy (non-hydrogen) atoms. The number of benzene rings is 2. The lowest BCUT2D eigenvalue weighted by atomic mass is 9.81. The van der Waals surface area contributed by atoms with Crippen LogP contribution in [0, 0.1) is 0 Å². The lowest BCUT2D eigenvalue weighted by Crippen LogP contribution is -2.53. The number of imide groups is 1. The molecule has 3 heterocycles. The first kappa shape index (κ1) is 25.1. The van der Waals surface area contributed by atoms with Gasteiger partial charge in [0.1, 0.15) is 23.1 Å². The molecule has 1 aromatic heterocycles. The van der Waals surface area contributed by atoms with E-state index in [0.29, 0.717) is 32.7 Å². The van der Waals surface area contributed by atoms with Gasteiger partial charge < -0.3 is 19.9 Å². The van der Waals surface area contributed by atoms with Crippen LogP contribution in [-0.2, 0) is 11.2 Å². The lowest BCUT2D eigenvalue weighted by Gasteiger charge is -2.42. The Morgan fingerprint density at radius 3 is 2.68 bits per heavy atom. The van der Waals surface area contributed by atoms with Crippen molar-refractivity contribution in [2.24, 2.45) is 0 Å². The number of nitrogens with one attached hydrogen (secondary N) is 1. The Morgan fingerprint density at radius 2 is 1.97 bits per heavy atom. The molecule has 196 valence electrons. The van der Waals surface area contributed by atoms with Gasteiger partial charge >= 0.3 is 6.03 Å². The van der Waals surface area contributed by atoms with Crippen molar-refractivity contribution in [1.29, 1.82) is 0 Å². The molecule has 1 fully saturated rings. The second kappa shape index (κ2) is 9.72. The van der Waals surface area contributed by atoms with Gasteiger partial charge in [-0.25, -0.2) is 4.79 Å². The van der Waals surface area contributed by atoms with Gasteiger partial charge in [0.25, 0.3) is 5.91 Å². The summed E-state index contributed by atoms with van der Waals surface area (Å²) in [4.78, 5) is 36.4. The van der Waals surface area contributed by atoms with Crippen LogP contribution < -0.4 is 4.74 Å². The number of phenolic OH excluding ortho intramolecular Hbond substituents is 1. The number of carbonyl (C=O) groups is 2. The van der Waals surface area contributed by atoms with Crippen LogP contribution in [0.25, 0.3) is 10.9 Å². The Labute approximate surface area is 216 Å². The highest BCUT2D eigenvalue weighted by atomic mass is 16.5. The van der Waals surface area contributed by atoms with Gasteiger partial charge in [-0.3, -0.25) is 19.5 Å². The van der Waals surface area contributed by atoms with Gasteiger partial charge in [-0.2, -0.15) is 0 Å². The minimum Gasteiger partial charge on any atom is -0.508 e. The highest BCUT2D eigenvalue weighted by molar-refractivity contribution is 6.08. The molecule has 3 aromatic rings. The predicted octanol–water partition coefficient (Wildman–Crippen LogP) is 3.25. The van der Waals surface area contributed by atoms with Crippen LogP contribution in [0.4, 0.5) is 4.79 Å². The minimum absolute atomic E-state index is 0.0185. The van der Waals surface area contributed by atoms with Crippen LogP contribution >= 0.6 is 0 Å². The average molecular weight is 507 g/mol. The van der Waals surface area contributed by atoms with E-state index in [9.17, 15) is 19.8 Å². The number of aromatic amines is 1. The number of H-pyrrole nitrogens is 1. The Balaban J connectivity index is 1.62. The Kier molecular flexibility index (Phi) is 6.59. The van der Waals surface area contributed by atoms with Crippen LogP contribution in [0.3, 0.4) is 0 Å². The van der Waals surface area contributed by atoms with E-state index >= 15 is 0 Å². The molecule has 1 saturated heterocycles. The Morgan fingerprint density at radius 1 is 1.16 bits per heavy atom. The maximum Gasteiger partial charge on any atom is 0.328 e.